The lowest BCUT2D eigenvalue weighted by atomic mass is 10.2. The average molecular weight is 339 g/mol. The summed E-state index contributed by atoms with van der Waals surface area (Å²) in [5.74, 6) is 2.05. The molecular weight excluding hydrogens is 318 g/mol. The minimum Gasteiger partial charge on any atom is -0.491 e. The van der Waals surface area contributed by atoms with Crippen molar-refractivity contribution in [2.24, 2.45) is 0 Å². The van der Waals surface area contributed by atoms with Crippen LogP contribution >= 0.6 is 0 Å². The van der Waals surface area contributed by atoms with Crippen LogP contribution in [0.5, 0.6) is 17.2 Å². The minimum atomic E-state index is -0.169. The Hall–Kier alpha value is -2.95. The first-order valence-electron chi connectivity index (χ1n) is 8.18. The molecule has 0 fully saturated rings. The van der Waals surface area contributed by atoms with E-state index in [0.717, 1.165) is 17.1 Å². The van der Waals surface area contributed by atoms with Gasteiger partial charge in [-0.05, 0) is 49.8 Å². The number of carbonyl (C=O) groups excluding carboxylic acids is 1. The lowest BCUT2D eigenvalue weighted by Crippen LogP contribution is -2.35. The van der Waals surface area contributed by atoms with Crippen molar-refractivity contribution in [3.8, 4) is 17.2 Å². The largest absolute Gasteiger partial charge is 0.491 e. The lowest BCUT2D eigenvalue weighted by Gasteiger charge is -2.14. The molecule has 0 unspecified atom stereocenters. The fraction of sp³-hybridized carbons (Fsp3) is 0.250. The molecule has 1 aliphatic heterocycles. The number of hydrogen-bond acceptors (Lipinski definition) is 4. The minimum absolute atomic E-state index is 0.102. The molecule has 1 aliphatic rings. The van der Waals surface area contributed by atoms with Crippen LogP contribution in [0.25, 0.3) is 6.08 Å². The maximum Gasteiger partial charge on any atom is 0.244 e. The lowest BCUT2D eigenvalue weighted by molar-refractivity contribution is -0.117. The average Bonchev–Trinajstić information content (AvgIpc) is 3.07. The van der Waals surface area contributed by atoms with Gasteiger partial charge in [-0.1, -0.05) is 23.8 Å². The smallest absolute Gasteiger partial charge is 0.244 e. The van der Waals surface area contributed by atoms with Crippen LogP contribution in [0.15, 0.2) is 48.5 Å². The van der Waals surface area contributed by atoms with Crippen LogP contribution in [-0.2, 0) is 4.79 Å². The number of benzene rings is 2. The van der Waals surface area contributed by atoms with Gasteiger partial charge in [0.15, 0.2) is 11.5 Å². The van der Waals surface area contributed by atoms with E-state index in [1.165, 1.54) is 11.6 Å². The summed E-state index contributed by atoms with van der Waals surface area (Å²) < 4.78 is 16.2. The Morgan fingerprint density at radius 1 is 1.20 bits per heavy atom. The van der Waals surface area contributed by atoms with Gasteiger partial charge in [0.05, 0.1) is 6.04 Å². The van der Waals surface area contributed by atoms with Crippen molar-refractivity contribution in [1.29, 1.82) is 0 Å². The quantitative estimate of drug-likeness (QED) is 0.820. The van der Waals surface area contributed by atoms with E-state index in [2.05, 4.69) is 5.32 Å². The monoisotopic (exact) mass is 339 g/mol. The number of aryl methyl sites for hydroxylation is 1. The molecule has 25 heavy (non-hydrogen) atoms. The zero-order chi connectivity index (χ0) is 17.6. The molecule has 3 rings (SSSR count). The van der Waals surface area contributed by atoms with Gasteiger partial charge in [0.25, 0.3) is 0 Å². The van der Waals surface area contributed by atoms with Crippen LogP contribution in [0.2, 0.25) is 0 Å². The summed E-state index contributed by atoms with van der Waals surface area (Å²) in [6.45, 7) is 4.58. The third-order valence-corrected chi connectivity index (χ3v) is 3.73. The number of amides is 1. The van der Waals surface area contributed by atoms with E-state index in [4.69, 9.17) is 14.2 Å². The number of fused-ring (bicyclic) bond motifs is 1. The summed E-state index contributed by atoms with van der Waals surface area (Å²) in [5.41, 5.74) is 2.06. The van der Waals surface area contributed by atoms with Crippen molar-refractivity contribution >= 4 is 12.0 Å². The number of hydrogen-bond donors (Lipinski definition) is 1. The van der Waals surface area contributed by atoms with Crippen molar-refractivity contribution in [3.63, 3.8) is 0 Å². The Labute approximate surface area is 147 Å². The highest BCUT2D eigenvalue weighted by atomic mass is 16.7. The van der Waals surface area contributed by atoms with Gasteiger partial charge in [-0.15, -0.1) is 0 Å². The molecule has 1 atom stereocenters. The summed E-state index contributed by atoms with van der Waals surface area (Å²) in [7, 11) is 0. The van der Waals surface area contributed by atoms with Gasteiger partial charge in [0.1, 0.15) is 12.4 Å². The first-order chi connectivity index (χ1) is 12.1. The fourth-order valence-corrected chi connectivity index (χ4v) is 2.38. The maximum atomic E-state index is 12.0. The highest BCUT2D eigenvalue weighted by Gasteiger charge is 2.12. The summed E-state index contributed by atoms with van der Waals surface area (Å²) in [5, 5.41) is 2.88. The molecule has 1 amide bonds. The molecule has 0 spiro atoms. The first-order valence-corrected chi connectivity index (χ1v) is 8.18. The molecule has 1 N–H and O–H groups in total. The third-order valence-electron chi connectivity index (χ3n) is 3.73. The zero-order valence-electron chi connectivity index (χ0n) is 14.3. The second-order valence-electron chi connectivity index (χ2n) is 5.98. The van der Waals surface area contributed by atoms with Gasteiger partial charge in [0.2, 0.25) is 12.7 Å². The molecule has 0 radical (unpaired) electrons. The Balaban J connectivity index is 1.47. The SMILES string of the molecule is Cc1ccc(OC[C@@H](C)NC(=O)/C=C/c2ccc3c(c2)OCO3)cc1. The molecule has 130 valence electrons. The van der Waals surface area contributed by atoms with Crippen molar-refractivity contribution in [2.75, 3.05) is 13.4 Å². The second-order valence-corrected chi connectivity index (χ2v) is 5.98. The van der Waals surface area contributed by atoms with Crippen LogP contribution in [0, 0.1) is 6.92 Å². The maximum absolute atomic E-state index is 12.0. The van der Waals surface area contributed by atoms with E-state index in [9.17, 15) is 4.79 Å². The van der Waals surface area contributed by atoms with Crippen molar-refractivity contribution in [3.05, 3.63) is 59.7 Å². The van der Waals surface area contributed by atoms with Crippen molar-refractivity contribution in [2.45, 2.75) is 19.9 Å². The van der Waals surface area contributed by atoms with Crippen molar-refractivity contribution < 1.29 is 19.0 Å². The fourth-order valence-electron chi connectivity index (χ4n) is 2.38. The molecule has 0 saturated heterocycles. The number of ether oxygens (including phenoxy) is 3. The molecule has 5 heteroatoms. The van der Waals surface area contributed by atoms with Gasteiger partial charge in [0, 0.05) is 6.08 Å². The van der Waals surface area contributed by atoms with E-state index in [1.807, 2.05) is 56.3 Å². The summed E-state index contributed by atoms with van der Waals surface area (Å²) in [6, 6.07) is 13.3. The Morgan fingerprint density at radius 2 is 1.96 bits per heavy atom. The molecule has 5 nitrogen and oxygen atoms in total. The Bertz CT molecular complexity index is 768. The van der Waals surface area contributed by atoms with Gasteiger partial charge in [-0.3, -0.25) is 4.79 Å². The van der Waals surface area contributed by atoms with E-state index in [0.29, 0.717) is 12.4 Å². The molecule has 0 aromatic heterocycles. The van der Waals surface area contributed by atoms with Gasteiger partial charge < -0.3 is 19.5 Å². The summed E-state index contributed by atoms with van der Waals surface area (Å²) in [4.78, 5) is 12.0. The molecular formula is C20H21NO4. The van der Waals surface area contributed by atoms with Crippen LogP contribution in [-0.4, -0.2) is 25.3 Å². The predicted octanol–water partition coefficient (Wildman–Crippen LogP) is 3.32. The molecule has 2 aromatic rings. The van der Waals surface area contributed by atoms with Crippen LogP contribution in [0.1, 0.15) is 18.1 Å². The highest BCUT2D eigenvalue weighted by molar-refractivity contribution is 5.92. The molecule has 2 aromatic carbocycles. The van der Waals surface area contributed by atoms with E-state index in [1.54, 1.807) is 6.08 Å². The van der Waals surface area contributed by atoms with Crippen LogP contribution in [0.3, 0.4) is 0 Å². The van der Waals surface area contributed by atoms with E-state index >= 15 is 0 Å². The van der Waals surface area contributed by atoms with E-state index < -0.39 is 0 Å². The number of carbonyl (C=O) groups is 1. The Morgan fingerprint density at radius 3 is 2.76 bits per heavy atom. The van der Waals surface area contributed by atoms with Gasteiger partial charge >= 0.3 is 0 Å². The molecule has 0 aliphatic carbocycles. The molecule has 1 heterocycles. The third kappa shape index (κ3) is 4.76. The highest BCUT2D eigenvalue weighted by Crippen LogP contribution is 2.32. The standard InChI is InChI=1S/C20H21NO4/c1-14-3-7-17(8-4-14)23-12-15(2)21-20(22)10-6-16-5-9-18-19(11-16)25-13-24-18/h3-11,15H,12-13H2,1-2H3,(H,21,22)/b10-6+/t15-/m1/s1. The summed E-state index contributed by atoms with van der Waals surface area (Å²) >= 11 is 0. The number of nitrogens with one attached hydrogen (secondary N) is 1. The van der Waals surface area contributed by atoms with Gasteiger partial charge in [-0.25, -0.2) is 0 Å². The van der Waals surface area contributed by atoms with E-state index in [-0.39, 0.29) is 18.7 Å². The first kappa shape index (κ1) is 16.9. The summed E-state index contributed by atoms with van der Waals surface area (Å²) in [6.07, 6.45) is 3.24. The number of rotatable bonds is 6. The predicted molar refractivity (Wildman–Crippen MR) is 95.9 cm³/mol. The molecule has 0 bridgehead atoms. The van der Waals surface area contributed by atoms with Gasteiger partial charge in [-0.2, -0.15) is 0 Å². The van der Waals surface area contributed by atoms with Crippen LogP contribution < -0.4 is 19.5 Å². The van der Waals surface area contributed by atoms with Crippen LogP contribution in [0.4, 0.5) is 0 Å². The Kier molecular flexibility index (Phi) is 5.23. The topological polar surface area (TPSA) is 56.8 Å². The molecule has 0 saturated carbocycles. The van der Waals surface area contributed by atoms with Crippen molar-refractivity contribution in [1.82, 2.24) is 5.32 Å². The normalized spacial score (nSPS) is 13.7. The zero-order valence-corrected chi connectivity index (χ0v) is 14.3. The second kappa shape index (κ2) is 7.75.